The first-order valence-electron chi connectivity index (χ1n) is 6.73. The van der Waals surface area contributed by atoms with Crippen molar-refractivity contribution in [1.29, 1.82) is 0 Å². The number of nitrogens with one attached hydrogen (secondary N) is 1. The molecular weight excluding hydrogens is 246 g/mol. The van der Waals surface area contributed by atoms with Crippen molar-refractivity contribution in [3.05, 3.63) is 78.2 Å². The number of rotatable bonds is 4. The molecule has 3 rings (SSSR count). The Morgan fingerprint density at radius 3 is 2.30 bits per heavy atom. The lowest BCUT2D eigenvalue weighted by molar-refractivity contribution is 0.695. The molecule has 0 spiro atoms. The van der Waals surface area contributed by atoms with Gasteiger partial charge in [0.25, 0.3) is 0 Å². The van der Waals surface area contributed by atoms with Crippen molar-refractivity contribution in [3.63, 3.8) is 0 Å². The minimum Gasteiger partial charge on any atom is -0.342 e. The van der Waals surface area contributed by atoms with Crippen LogP contribution < -0.4 is 5.73 Å². The van der Waals surface area contributed by atoms with E-state index in [-0.39, 0.29) is 6.04 Å². The van der Waals surface area contributed by atoms with Crippen LogP contribution in [0.2, 0.25) is 0 Å². The van der Waals surface area contributed by atoms with Crippen molar-refractivity contribution >= 4 is 0 Å². The number of aromatic nitrogens is 2. The second-order valence-electron chi connectivity index (χ2n) is 4.83. The van der Waals surface area contributed by atoms with Gasteiger partial charge in [0.2, 0.25) is 0 Å². The fraction of sp³-hybridized carbons (Fsp3) is 0.118. The Hall–Kier alpha value is -2.39. The molecule has 0 saturated carbocycles. The number of nitrogens with two attached hydrogens (primary N) is 1. The molecule has 1 unspecified atom stereocenters. The highest BCUT2D eigenvalue weighted by atomic mass is 14.9. The number of hydrogen-bond donors (Lipinski definition) is 2. The van der Waals surface area contributed by atoms with E-state index < -0.39 is 0 Å². The zero-order chi connectivity index (χ0) is 13.8. The van der Waals surface area contributed by atoms with Gasteiger partial charge in [-0.05, 0) is 11.1 Å². The molecule has 100 valence electrons. The summed E-state index contributed by atoms with van der Waals surface area (Å²) < 4.78 is 0. The molecule has 3 heteroatoms. The Morgan fingerprint density at radius 1 is 0.950 bits per heavy atom. The monoisotopic (exact) mass is 263 g/mol. The molecule has 3 aromatic rings. The molecule has 3 N–H and O–H groups in total. The van der Waals surface area contributed by atoms with Crippen molar-refractivity contribution in [2.24, 2.45) is 5.73 Å². The summed E-state index contributed by atoms with van der Waals surface area (Å²) in [4.78, 5) is 7.76. The molecule has 1 aromatic heterocycles. The van der Waals surface area contributed by atoms with E-state index in [0.717, 1.165) is 22.6 Å². The van der Waals surface area contributed by atoms with Gasteiger partial charge in [0.15, 0.2) is 0 Å². The molecule has 0 aliphatic rings. The Balaban J connectivity index is 1.75. The Bertz CT molecular complexity index is 659. The van der Waals surface area contributed by atoms with Crippen LogP contribution in [0.1, 0.15) is 17.4 Å². The van der Waals surface area contributed by atoms with Gasteiger partial charge in [-0.2, -0.15) is 0 Å². The summed E-state index contributed by atoms with van der Waals surface area (Å²) >= 11 is 0. The van der Waals surface area contributed by atoms with E-state index in [0.29, 0.717) is 6.42 Å². The van der Waals surface area contributed by atoms with Crippen LogP contribution in [0.25, 0.3) is 11.3 Å². The van der Waals surface area contributed by atoms with Crippen molar-refractivity contribution in [2.75, 3.05) is 0 Å². The molecule has 0 amide bonds. The minimum absolute atomic E-state index is 0.0361. The van der Waals surface area contributed by atoms with Crippen LogP contribution in [-0.4, -0.2) is 9.97 Å². The molecule has 0 saturated heterocycles. The highest BCUT2D eigenvalue weighted by Gasteiger charge is 2.09. The quantitative estimate of drug-likeness (QED) is 0.758. The zero-order valence-electron chi connectivity index (χ0n) is 11.2. The van der Waals surface area contributed by atoms with Gasteiger partial charge in [-0.1, -0.05) is 60.7 Å². The molecule has 0 radical (unpaired) electrons. The molecule has 3 nitrogen and oxygen atoms in total. The first-order chi connectivity index (χ1) is 9.83. The lowest BCUT2D eigenvalue weighted by Crippen LogP contribution is -2.13. The zero-order valence-corrected chi connectivity index (χ0v) is 11.2. The first-order valence-corrected chi connectivity index (χ1v) is 6.73. The van der Waals surface area contributed by atoms with Crippen LogP contribution in [0.5, 0.6) is 0 Å². The lowest BCUT2D eigenvalue weighted by Gasteiger charge is -2.09. The normalized spacial score (nSPS) is 12.2. The average molecular weight is 263 g/mol. The van der Waals surface area contributed by atoms with E-state index in [9.17, 15) is 0 Å². The van der Waals surface area contributed by atoms with Crippen LogP contribution in [0, 0.1) is 0 Å². The number of nitrogens with zero attached hydrogens (tertiary/aromatic N) is 1. The third-order valence-electron chi connectivity index (χ3n) is 3.35. The predicted octanol–water partition coefficient (Wildman–Crippen LogP) is 3.32. The van der Waals surface area contributed by atoms with E-state index in [2.05, 4.69) is 22.1 Å². The summed E-state index contributed by atoms with van der Waals surface area (Å²) in [7, 11) is 0. The molecule has 1 atom stereocenters. The van der Waals surface area contributed by atoms with Gasteiger partial charge in [0.05, 0.1) is 11.9 Å². The van der Waals surface area contributed by atoms with E-state index >= 15 is 0 Å². The molecule has 0 aliphatic carbocycles. The van der Waals surface area contributed by atoms with Gasteiger partial charge in [-0.15, -0.1) is 0 Å². The number of imidazole rings is 1. The van der Waals surface area contributed by atoms with E-state index in [1.807, 2.05) is 54.7 Å². The SMILES string of the molecule is NC(Cc1ncc(-c2ccccc2)[nH]1)c1ccccc1. The average Bonchev–Trinajstić information content (AvgIpc) is 2.97. The fourth-order valence-corrected chi connectivity index (χ4v) is 2.26. The number of H-pyrrole nitrogens is 1. The Kier molecular flexibility index (Phi) is 3.61. The predicted molar refractivity (Wildman–Crippen MR) is 81.1 cm³/mol. The summed E-state index contributed by atoms with van der Waals surface area (Å²) in [6.07, 6.45) is 2.57. The van der Waals surface area contributed by atoms with Crippen molar-refractivity contribution < 1.29 is 0 Å². The molecule has 2 aromatic carbocycles. The third-order valence-corrected chi connectivity index (χ3v) is 3.35. The van der Waals surface area contributed by atoms with Crippen LogP contribution in [0.15, 0.2) is 66.9 Å². The van der Waals surface area contributed by atoms with Crippen LogP contribution in [0.4, 0.5) is 0 Å². The van der Waals surface area contributed by atoms with Gasteiger partial charge < -0.3 is 10.7 Å². The molecular formula is C17H17N3. The van der Waals surface area contributed by atoms with E-state index in [1.165, 1.54) is 0 Å². The Labute approximate surface area is 118 Å². The second-order valence-corrected chi connectivity index (χ2v) is 4.83. The van der Waals surface area contributed by atoms with Crippen molar-refractivity contribution in [2.45, 2.75) is 12.5 Å². The second kappa shape index (κ2) is 5.72. The summed E-state index contributed by atoms with van der Waals surface area (Å²) in [6, 6.07) is 20.2. The van der Waals surface area contributed by atoms with Gasteiger partial charge >= 0.3 is 0 Å². The van der Waals surface area contributed by atoms with Gasteiger partial charge in [0.1, 0.15) is 5.82 Å². The molecule has 0 fully saturated rings. The molecule has 1 heterocycles. The van der Waals surface area contributed by atoms with E-state index in [1.54, 1.807) is 0 Å². The maximum atomic E-state index is 6.21. The molecule has 0 aliphatic heterocycles. The summed E-state index contributed by atoms with van der Waals surface area (Å²) in [5.74, 6) is 0.917. The van der Waals surface area contributed by atoms with Crippen molar-refractivity contribution in [1.82, 2.24) is 9.97 Å². The summed E-state index contributed by atoms with van der Waals surface area (Å²) in [5.41, 5.74) is 9.51. The van der Waals surface area contributed by atoms with Gasteiger partial charge in [0, 0.05) is 12.5 Å². The highest BCUT2D eigenvalue weighted by molar-refractivity contribution is 5.58. The third kappa shape index (κ3) is 2.78. The largest absolute Gasteiger partial charge is 0.342 e. The van der Waals surface area contributed by atoms with Gasteiger partial charge in [-0.25, -0.2) is 4.98 Å². The van der Waals surface area contributed by atoms with Crippen LogP contribution >= 0.6 is 0 Å². The fourth-order valence-electron chi connectivity index (χ4n) is 2.26. The van der Waals surface area contributed by atoms with E-state index in [4.69, 9.17) is 5.73 Å². The van der Waals surface area contributed by atoms with Crippen LogP contribution in [-0.2, 0) is 6.42 Å². The summed E-state index contributed by atoms with van der Waals surface area (Å²) in [5, 5.41) is 0. The molecule has 0 bridgehead atoms. The summed E-state index contributed by atoms with van der Waals surface area (Å²) in [6.45, 7) is 0. The Morgan fingerprint density at radius 2 is 1.60 bits per heavy atom. The number of aromatic amines is 1. The van der Waals surface area contributed by atoms with Crippen molar-refractivity contribution in [3.8, 4) is 11.3 Å². The van der Waals surface area contributed by atoms with Crippen LogP contribution in [0.3, 0.4) is 0 Å². The topological polar surface area (TPSA) is 54.7 Å². The maximum absolute atomic E-state index is 6.21. The first kappa shape index (κ1) is 12.6. The minimum atomic E-state index is -0.0361. The number of hydrogen-bond acceptors (Lipinski definition) is 2. The lowest BCUT2D eigenvalue weighted by atomic mass is 10.0. The smallest absolute Gasteiger partial charge is 0.108 e. The highest BCUT2D eigenvalue weighted by Crippen LogP contribution is 2.19. The molecule has 20 heavy (non-hydrogen) atoms. The maximum Gasteiger partial charge on any atom is 0.108 e. The number of benzene rings is 2. The van der Waals surface area contributed by atoms with Gasteiger partial charge in [-0.3, -0.25) is 0 Å². The standard InChI is InChI=1S/C17H17N3/c18-15(13-7-3-1-4-8-13)11-17-19-12-16(20-17)14-9-5-2-6-10-14/h1-10,12,15H,11,18H2,(H,19,20).